The molecule has 0 fully saturated rings. The van der Waals surface area contributed by atoms with Crippen molar-refractivity contribution < 1.29 is 94.3 Å². The van der Waals surface area contributed by atoms with Gasteiger partial charge in [0.05, 0.1) is 29.1 Å². The van der Waals surface area contributed by atoms with E-state index in [0.29, 0.717) is 6.42 Å². The van der Waals surface area contributed by atoms with Crippen LogP contribution in [-0.4, -0.2) is 50.0 Å². The average molecular weight is 437 g/mol. The van der Waals surface area contributed by atoms with Crippen molar-refractivity contribution in [3.8, 4) is 0 Å². The van der Waals surface area contributed by atoms with E-state index in [1.807, 2.05) is 0 Å². The molecule has 0 aliphatic rings. The minimum absolute atomic E-state index is 0. The van der Waals surface area contributed by atoms with Crippen molar-refractivity contribution in [1.29, 1.82) is 0 Å². The van der Waals surface area contributed by atoms with Gasteiger partial charge in [-0.2, -0.15) is 0 Å². The van der Waals surface area contributed by atoms with E-state index in [1.54, 1.807) is 0 Å². The van der Waals surface area contributed by atoms with Crippen LogP contribution in [-0.2, 0) is 24.7 Å². The maximum Gasteiger partial charge on any atom is 1.00 e. The largest absolute Gasteiger partial charge is 1.00 e. The first kappa shape index (κ1) is 35.2. The minimum Gasteiger partial charge on any atom is -0.748 e. The first-order valence-corrected chi connectivity index (χ1v) is 11.2. The van der Waals surface area contributed by atoms with Crippen LogP contribution in [0.25, 0.3) is 0 Å². The number of aliphatic hydroxyl groups excluding tert-OH is 1. The predicted octanol–water partition coefficient (Wildman–Crippen LogP) is -4.08. The van der Waals surface area contributed by atoms with Gasteiger partial charge in [0.1, 0.15) is 0 Å². The maximum absolute atomic E-state index is 10.1. The molecule has 0 saturated carbocycles. The zero-order chi connectivity index (χ0) is 18.9. The van der Waals surface area contributed by atoms with Gasteiger partial charge < -0.3 is 14.2 Å². The Morgan fingerprint density at radius 2 is 1.15 bits per heavy atom. The number of hydrogen-bond donors (Lipinski definition) is 1. The van der Waals surface area contributed by atoms with Crippen LogP contribution in [0.1, 0.15) is 71.1 Å². The van der Waals surface area contributed by atoms with Gasteiger partial charge >= 0.3 is 59.1 Å². The van der Waals surface area contributed by atoms with Crippen molar-refractivity contribution in [1.82, 2.24) is 0 Å². The smallest absolute Gasteiger partial charge is 0.748 e. The van der Waals surface area contributed by atoms with Gasteiger partial charge in [0.25, 0.3) is 0 Å². The van der Waals surface area contributed by atoms with Crippen LogP contribution < -0.4 is 59.1 Å². The molecular weight excluding hydrogens is 406 g/mol. The van der Waals surface area contributed by atoms with Crippen molar-refractivity contribution in [2.75, 3.05) is 19.0 Å². The van der Waals surface area contributed by atoms with Crippen molar-refractivity contribution in [2.24, 2.45) is 0 Å². The molecule has 0 spiro atoms. The van der Waals surface area contributed by atoms with E-state index < -0.39 is 32.9 Å². The Kier molecular flexibility index (Phi) is 31.2. The van der Waals surface area contributed by atoms with E-state index in [0.717, 1.165) is 12.8 Å². The molecule has 0 radical (unpaired) electrons. The fourth-order valence-electron chi connectivity index (χ4n) is 1.86. The van der Waals surface area contributed by atoms with E-state index >= 15 is 0 Å². The van der Waals surface area contributed by atoms with Crippen LogP contribution >= 0.6 is 0 Å². The van der Waals surface area contributed by atoms with E-state index in [1.165, 1.54) is 44.9 Å². The Balaban J connectivity index is -0.000000230. The SMILES string of the molecule is CCCCCCCCCCCCOS(=O)(=O)[O-].O=S(=O)([O-])CCO.[Na+].[Na+]. The molecule has 0 heterocycles. The normalized spacial score (nSPS) is 10.9. The van der Waals surface area contributed by atoms with Crippen molar-refractivity contribution in [2.45, 2.75) is 71.1 Å². The summed E-state index contributed by atoms with van der Waals surface area (Å²) in [5, 5.41) is 7.82. The third-order valence-corrected chi connectivity index (χ3v) is 4.20. The van der Waals surface area contributed by atoms with Crippen molar-refractivity contribution in [3.05, 3.63) is 0 Å². The van der Waals surface area contributed by atoms with Crippen LogP contribution in [0.3, 0.4) is 0 Å². The van der Waals surface area contributed by atoms with Gasteiger partial charge in [-0.25, -0.2) is 16.8 Å². The van der Waals surface area contributed by atoms with Gasteiger partial charge in [-0.15, -0.1) is 0 Å². The van der Waals surface area contributed by atoms with Gasteiger partial charge in [-0.05, 0) is 6.42 Å². The molecule has 0 amide bonds. The van der Waals surface area contributed by atoms with Crippen LogP contribution in [0, 0.1) is 0 Å². The van der Waals surface area contributed by atoms with E-state index in [9.17, 15) is 25.9 Å². The zero-order valence-corrected chi connectivity index (χ0v) is 21.9. The fraction of sp³-hybridized carbons (Fsp3) is 1.00. The van der Waals surface area contributed by atoms with Crippen LogP contribution in [0.2, 0.25) is 0 Å². The van der Waals surface area contributed by atoms with Crippen LogP contribution in [0.4, 0.5) is 0 Å². The number of rotatable bonds is 14. The summed E-state index contributed by atoms with van der Waals surface area (Å²) in [7, 11) is -8.66. The Bertz CT molecular complexity index is 469. The Morgan fingerprint density at radius 3 is 1.42 bits per heavy atom. The maximum atomic E-state index is 10.1. The second kappa shape index (κ2) is 23.0. The van der Waals surface area contributed by atoms with Gasteiger partial charge in [-0.1, -0.05) is 64.7 Å². The molecule has 8 nitrogen and oxygen atoms in total. The predicted molar refractivity (Wildman–Crippen MR) is 89.1 cm³/mol. The van der Waals surface area contributed by atoms with E-state index in [-0.39, 0.29) is 65.7 Å². The molecule has 0 aromatic carbocycles. The van der Waals surface area contributed by atoms with Crippen LogP contribution in [0.5, 0.6) is 0 Å². The summed E-state index contributed by atoms with van der Waals surface area (Å²) in [5.74, 6) is -0.688. The van der Waals surface area contributed by atoms with E-state index in [2.05, 4.69) is 11.1 Å². The number of unbranched alkanes of at least 4 members (excludes halogenated alkanes) is 9. The zero-order valence-electron chi connectivity index (χ0n) is 16.3. The van der Waals surface area contributed by atoms with E-state index in [4.69, 9.17) is 5.11 Å². The monoisotopic (exact) mass is 436 g/mol. The van der Waals surface area contributed by atoms with Gasteiger partial charge in [0.15, 0.2) is 0 Å². The summed E-state index contributed by atoms with van der Waals surface area (Å²) in [6.45, 7) is 1.65. The quantitative estimate of drug-likeness (QED) is 0.125. The minimum atomic E-state index is -4.48. The van der Waals surface area contributed by atoms with Gasteiger partial charge in [-0.3, -0.25) is 4.18 Å². The molecule has 12 heteroatoms. The number of hydrogen-bond acceptors (Lipinski definition) is 8. The van der Waals surface area contributed by atoms with Crippen LogP contribution in [0.15, 0.2) is 0 Å². The number of aliphatic hydroxyl groups is 1. The van der Waals surface area contributed by atoms with Gasteiger partial charge in [0.2, 0.25) is 10.4 Å². The molecule has 148 valence electrons. The Morgan fingerprint density at radius 1 is 0.769 bits per heavy atom. The fourth-order valence-corrected chi connectivity index (χ4v) is 2.41. The summed E-state index contributed by atoms with van der Waals surface area (Å²) in [5.41, 5.74) is 0. The molecule has 0 aliphatic carbocycles. The first-order chi connectivity index (χ1) is 11.1. The molecule has 0 saturated heterocycles. The standard InChI is InChI=1S/C12H26O4S.C2H6O4S.2Na/c1-2-3-4-5-6-7-8-9-10-11-12-16-17(13,14)15;3-1-2-7(4,5)6;;/h2-12H2,1H3,(H,13,14,15);3H,1-2H2,(H,4,5,6);;/q;;2*+1/p-2. The van der Waals surface area contributed by atoms with Crippen molar-refractivity contribution in [3.63, 3.8) is 0 Å². The molecule has 1 N–H and O–H groups in total. The molecule has 0 aromatic heterocycles. The summed E-state index contributed by atoms with van der Waals surface area (Å²) in [6, 6.07) is 0. The molecule has 0 atom stereocenters. The Hall–Kier alpha value is 1.74. The molecular formula is C14H30Na2O8S2. The molecule has 0 aliphatic heterocycles. The molecule has 0 rings (SSSR count). The molecule has 0 bridgehead atoms. The third-order valence-electron chi connectivity index (χ3n) is 3.07. The first-order valence-electron chi connectivity index (χ1n) is 8.27. The molecule has 0 unspecified atom stereocenters. The van der Waals surface area contributed by atoms with Crippen molar-refractivity contribution >= 4 is 20.5 Å². The molecule has 26 heavy (non-hydrogen) atoms. The average Bonchev–Trinajstić information content (AvgIpc) is 2.43. The summed E-state index contributed by atoms with van der Waals surface area (Å²) in [6.07, 6.45) is 11.7. The van der Waals surface area contributed by atoms with Gasteiger partial charge in [0, 0.05) is 0 Å². The second-order valence-electron chi connectivity index (χ2n) is 5.40. The second-order valence-corrected chi connectivity index (χ2v) is 7.97. The summed E-state index contributed by atoms with van der Waals surface area (Å²) in [4.78, 5) is 0. The molecule has 0 aromatic rings. The summed E-state index contributed by atoms with van der Waals surface area (Å²) < 4.78 is 63.0. The topological polar surface area (TPSA) is 144 Å². The summed E-state index contributed by atoms with van der Waals surface area (Å²) >= 11 is 0. The third kappa shape index (κ3) is 40.4. The Labute approximate surface area is 203 Å².